The molecule has 0 aliphatic carbocycles. The molecule has 0 aromatic carbocycles. The summed E-state index contributed by atoms with van der Waals surface area (Å²) in [7, 11) is 0. The molecule has 4 nitrogen and oxygen atoms in total. The summed E-state index contributed by atoms with van der Waals surface area (Å²) in [4.78, 5) is 9.02. The van der Waals surface area contributed by atoms with Crippen LogP contribution < -0.4 is 0 Å². The molecule has 0 N–H and O–H groups in total. The van der Waals surface area contributed by atoms with Crippen LogP contribution in [0.15, 0.2) is 18.3 Å². The second-order valence-corrected chi connectivity index (χ2v) is 5.76. The number of alkyl halides is 1. The van der Waals surface area contributed by atoms with Gasteiger partial charge in [-0.1, -0.05) is 0 Å². The molecule has 0 saturated carbocycles. The van der Waals surface area contributed by atoms with Crippen LogP contribution in [-0.4, -0.2) is 26.7 Å². The highest BCUT2D eigenvalue weighted by Gasteiger charge is 2.41. The Morgan fingerprint density at radius 3 is 3.11 bits per heavy atom. The second kappa shape index (κ2) is 4.46. The molecule has 2 bridgehead atoms. The van der Waals surface area contributed by atoms with Crippen molar-refractivity contribution < 1.29 is 4.74 Å². The van der Waals surface area contributed by atoms with Crippen LogP contribution in [0.4, 0.5) is 0 Å². The van der Waals surface area contributed by atoms with Gasteiger partial charge in [-0.3, -0.25) is 0 Å². The molecular weight excluding hydrogens is 262 g/mol. The molecule has 0 spiro atoms. The summed E-state index contributed by atoms with van der Waals surface area (Å²) in [5.74, 6) is 1.93. The Kier molecular flexibility index (Phi) is 2.74. The van der Waals surface area contributed by atoms with E-state index in [-0.39, 0.29) is 0 Å². The summed E-state index contributed by atoms with van der Waals surface area (Å²) in [6, 6.07) is 3.91. The van der Waals surface area contributed by atoms with Crippen molar-refractivity contribution in [1.29, 1.82) is 0 Å². The third-order valence-corrected chi connectivity index (χ3v) is 4.59. The number of aromatic nitrogens is 3. The predicted molar refractivity (Wildman–Crippen MR) is 73.1 cm³/mol. The highest BCUT2D eigenvalue weighted by atomic mass is 35.5. The first-order valence-electron chi connectivity index (χ1n) is 6.86. The van der Waals surface area contributed by atoms with Crippen LogP contribution in [0.2, 0.25) is 0 Å². The topological polar surface area (TPSA) is 39.9 Å². The van der Waals surface area contributed by atoms with Crippen LogP contribution in [0, 0.1) is 5.92 Å². The van der Waals surface area contributed by atoms with E-state index in [0.717, 1.165) is 23.5 Å². The molecule has 3 atom stereocenters. The molecule has 4 rings (SSSR count). The minimum absolute atomic E-state index is 0.425. The molecule has 19 heavy (non-hydrogen) atoms. The zero-order chi connectivity index (χ0) is 12.8. The number of fused-ring (bicyclic) bond motifs is 3. The summed E-state index contributed by atoms with van der Waals surface area (Å²) in [5, 5.41) is 0. The van der Waals surface area contributed by atoms with Crippen molar-refractivity contribution in [3.05, 3.63) is 24.2 Å². The maximum Gasteiger partial charge on any atom is 0.160 e. The number of halogens is 1. The Morgan fingerprint density at radius 1 is 1.42 bits per heavy atom. The average molecular weight is 278 g/mol. The maximum atomic E-state index is 6.03. The molecule has 2 aromatic rings. The second-order valence-electron chi connectivity index (χ2n) is 5.49. The molecule has 0 radical (unpaired) electrons. The van der Waals surface area contributed by atoms with Crippen LogP contribution >= 0.6 is 11.6 Å². The van der Waals surface area contributed by atoms with Crippen molar-refractivity contribution in [3.63, 3.8) is 0 Å². The molecule has 4 heterocycles. The number of pyridine rings is 1. The van der Waals surface area contributed by atoms with Crippen LogP contribution in [0.5, 0.6) is 0 Å². The first kappa shape index (κ1) is 11.7. The monoisotopic (exact) mass is 277 g/mol. The fraction of sp³-hybridized carbons (Fsp3) is 0.571. The standard InChI is InChI=1S/C14H16ClN3O/c15-7-13-17-11-2-1-5-16-14(11)18(13)8-9-6-10-3-4-12(9)19-10/h1-2,5,9-10,12H,3-4,6-8H2. The van der Waals surface area contributed by atoms with E-state index < -0.39 is 0 Å². The van der Waals surface area contributed by atoms with Gasteiger partial charge in [0.25, 0.3) is 0 Å². The van der Waals surface area contributed by atoms with E-state index in [1.165, 1.54) is 19.3 Å². The first-order chi connectivity index (χ1) is 9.35. The zero-order valence-electron chi connectivity index (χ0n) is 10.6. The molecule has 2 fully saturated rings. The van der Waals surface area contributed by atoms with Crippen molar-refractivity contribution in [3.8, 4) is 0 Å². The van der Waals surface area contributed by atoms with Gasteiger partial charge in [-0.2, -0.15) is 0 Å². The molecular formula is C14H16ClN3O. The molecule has 2 saturated heterocycles. The lowest BCUT2D eigenvalue weighted by Gasteiger charge is -2.20. The van der Waals surface area contributed by atoms with Gasteiger partial charge in [0.05, 0.1) is 18.1 Å². The largest absolute Gasteiger partial charge is 0.375 e. The number of imidazole rings is 1. The van der Waals surface area contributed by atoms with Crippen molar-refractivity contribution in [2.45, 2.75) is 43.9 Å². The highest BCUT2D eigenvalue weighted by molar-refractivity contribution is 6.16. The molecule has 2 aliphatic heterocycles. The Bertz CT molecular complexity index is 612. The van der Waals surface area contributed by atoms with E-state index >= 15 is 0 Å². The van der Waals surface area contributed by atoms with Gasteiger partial charge in [-0.15, -0.1) is 11.6 Å². The van der Waals surface area contributed by atoms with Gasteiger partial charge in [-0.25, -0.2) is 9.97 Å². The summed E-state index contributed by atoms with van der Waals surface area (Å²) >= 11 is 6.03. The van der Waals surface area contributed by atoms with Gasteiger partial charge < -0.3 is 9.30 Å². The maximum absolute atomic E-state index is 6.03. The van der Waals surface area contributed by atoms with Gasteiger partial charge in [-0.05, 0) is 31.4 Å². The normalized spacial score (nSPS) is 29.4. The van der Waals surface area contributed by atoms with Crippen LogP contribution in [0.1, 0.15) is 25.1 Å². The number of hydrogen-bond donors (Lipinski definition) is 0. The van der Waals surface area contributed by atoms with Crippen molar-refractivity contribution >= 4 is 22.8 Å². The SMILES string of the molecule is ClCc1nc2cccnc2n1CC1CC2CCC1O2. The molecule has 2 aliphatic rings. The molecule has 100 valence electrons. The third-order valence-electron chi connectivity index (χ3n) is 4.35. The summed E-state index contributed by atoms with van der Waals surface area (Å²) in [6.07, 6.45) is 6.32. The number of nitrogens with zero attached hydrogens (tertiary/aromatic N) is 3. The Hall–Kier alpha value is -1.13. The van der Waals surface area contributed by atoms with Crippen molar-refractivity contribution in [2.24, 2.45) is 5.92 Å². The van der Waals surface area contributed by atoms with E-state index in [9.17, 15) is 0 Å². The molecule has 2 aromatic heterocycles. The van der Waals surface area contributed by atoms with E-state index in [4.69, 9.17) is 16.3 Å². The minimum atomic E-state index is 0.425. The lowest BCUT2D eigenvalue weighted by atomic mass is 9.89. The highest BCUT2D eigenvalue weighted by Crippen LogP contribution is 2.40. The number of hydrogen-bond acceptors (Lipinski definition) is 3. The number of ether oxygens (including phenoxy) is 1. The fourth-order valence-corrected chi connectivity index (χ4v) is 3.67. The summed E-state index contributed by atoms with van der Waals surface area (Å²) < 4.78 is 8.11. The fourth-order valence-electron chi connectivity index (χ4n) is 3.47. The van der Waals surface area contributed by atoms with Gasteiger partial charge in [0.2, 0.25) is 0 Å². The van der Waals surface area contributed by atoms with Crippen LogP contribution in [0.25, 0.3) is 11.2 Å². The van der Waals surface area contributed by atoms with E-state index in [0.29, 0.717) is 24.0 Å². The van der Waals surface area contributed by atoms with Gasteiger partial charge >= 0.3 is 0 Å². The van der Waals surface area contributed by atoms with Gasteiger partial charge in [0, 0.05) is 18.7 Å². The Balaban J connectivity index is 1.70. The Morgan fingerprint density at radius 2 is 2.37 bits per heavy atom. The van der Waals surface area contributed by atoms with E-state index in [2.05, 4.69) is 14.5 Å². The van der Waals surface area contributed by atoms with Gasteiger partial charge in [0.1, 0.15) is 11.3 Å². The van der Waals surface area contributed by atoms with E-state index in [1.807, 2.05) is 18.3 Å². The van der Waals surface area contributed by atoms with E-state index in [1.54, 1.807) is 0 Å². The molecule has 3 unspecified atom stereocenters. The lowest BCUT2D eigenvalue weighted by Crippen LogP contribution is -2.22. The smallest absolute Gasteiger partial charge is 0.160 e. The Labute approximate surface area is 116 Å². The van der Waals surface area contributed by atoms with Gasteiger partial charge in [0.15, 0.2) is 5.65 Å². The predicted octanol–water partition coefficient (Wildman–Crippen LogP) is 2.74. The summed E-state index contributed by atoms with van der Waals surface area (Å²) in [5.41, 5.74) is 1.88. The third kappa shape index (κ3) is 1.85. The minimum Gasteiger partial charge on any atom is -0.375 e. The van der Waals surface area contributed by atoms with Crippen LogP contribution in [-0.2, 0) is 17.2 Å². The van der Waals surface area contributed by atoms with Crippen molar-refractivity contribution in [2.75, 3.05) is 0 Å². The van der Waals surface area contributed by atoms with Crippen molar-refractivity contribution in [1.82, 2.24) is 14.5 Å². The molecule has 5 heteroatoms. The lowest BCUT2D eigenvalue weighted by molar-refractivity contribution is 0.0900. The van der Waals surface area contributed by atoms with Crippen LogP contribution in [0.3, 0.4) is 0 Å². The molecule has 0 amide bonds. The number of rotatable bonds is 3. The quantitative estimate of drug-likeness (QED) is 0.810. The zero-order valence-corrected chi connectivity index (χ0v) is 11.4. The average Bonchev–Trinajstić information content (AvgIpc) is 3.13. The first-order valence-corrected chi connectivity index (χ1v) is 7.40. The summed E-state index contributed by atoms with van der Waals surface area (Å²) in [6.45, 7) is 0.927.